The molecular formula is C21H21FN2O3. The van der Waals surface area contributed by atoms with Crippen LogP contribution in [0.2, 0.25) is 0 Å². The molecule has 0 saturated carbocycles. The van der Waals surface area contributed by atoms with E-state index in [-0.39, 0.29) is 23.7 Å². The summed E-state index contributed by atoms with van der Waals surface area (Å²) in [5.41, 5.74) is 0.503. The van der Waals surface area contributed by atoms with Crippen molar-refractivity contribution in [3.8, 4) is 5.75 Å². The van der Waals surface area contributed by atoms with Gasteiger partial charge in [0.2, 0.25) is 0 Å². The molecule has 140 valence electrons. The number of halogens is 1. The molecule has 1 heterocycles. The Kier molecular flexibility index (Phi) is 5.54. The highest BCUT2D eigenvalue weighted by atomic mass is 19.1. The second-order valence-electron chi connectivity index (χ2n) is 6.36. The third-order valence-corrected chi connectivity index (χ3v) is 4.47. The van der Waals surface area contributed by atoms with Crippen LogP contribution in [0.15, 0.2) is 53.3 Å². The van der Waals surface area contributed by atoms with Gasteiger partial charge in [0, 0.05) is 18.5 Å². The third kappa shape index (κ3) is 3.84. The zero-order valence-electron chi connectivity index (χ0n) is 15.0. The van der Waals surface area contributed by atoms with Gasteiger partial charge in [-0.2, -0.15) is 0 Å². The van der Waals surface area contributed by atoms with Crippen molar-refractivity contribution in [1.29, 1.82) is 0 Å². The Bertz CT molecular complexity index is 1030. The number of aromatic nitrogens is 1. The number of para-hydroxylation sites is 1. The Morgan fingerprint density at radius 2 is 1.85 bits per heavy atom. The van der Waals surface area contributed by atoms with Crippen molar-refractivity contribution >= 4 is 16.8 Å². The zero-order chi connectivity index (χ0) is 19.4. The number of carbonyl (C=O) groups excluding carboxylic acids is 1. The fourth-order valence-corrected chi connectivity index (χ4v) is 3.01. The van der Waals surface area contributed by atoms with E-state index in [0.29, 0.717) is 23.0 Å². The molecule has 2 aromatic carbocycles. The third-order valence-electron chi connectivity index (χ3n) is 4.47. The summed E-state index contributed by atoms with van der Waals surface area (Å²) in [6.07, 6.45) is 1.68. The van der Waals surface area contributed by atoms with Gasteiger partial charge in [-0.3, -0.25) is 9.59 Å². The normalized spacial score (nSPS) is 10.9. The lowest BCUT2D eigenvalue weighted by Crippen LogP contribution is -2.33. The topological polar surface area (TPSA) is 71.3 Å². The molecule has 0 aliphatic rings. The molecule has 0 unspecified atom stereocenters. The van der Waals surface area contributed by atoms with E-state index in [2.05, 4.69) is 5.32 Å². The molecule has 0 bridgehead atoms. The van der Waals surface area contributed by atoms with Crippen LogP contribution in [0.4, 0.5) is 4.39 Å². The van der Waals surface area contributed by atoms with Gasteiger partial charge in [-0.25, -0.2) is 4.39 Å². The summed E-state index contributed by atoms with van der Waals surface area (Å²) in [5, 5.41) is 13.6. The molecule has 0 atom stereocenters. The van der Waals surface area contributed by atoms with Crippen LogP contribution in [0.25, 0.3) is 10.9 Å². The minimum absolute atomic E-state index is 0.125. The fraction of sp³-hybridized carbons (Fsp3) is 0.238. The van der Waals surface area contributed by atoms with E-state index in [4.69, 9.17) is 0 Å². The molecule has 0 spiro atoms. The second-order valence-corrected chi connectivity index (χ2v) is 6.36. The smallest absolute Gasteiger partial charge is 0.267 e. The van der Waals surface area contributed by atoms with Gasteiger partial charge in [0.1, 0.15) is 17.1 Å². The Hall–Kier alpha value is -3.15. The standard InChI is InChI=1S/C21H21FN2O3/c1-2-3-12-24-17-7-5-4-6-16(17)19(25)18(21(24)27)20(26)23-13-14-8-10-15(22)11-9-14/h4-11,25H,2-3,12-13H2,1H3,(H,23,26). The Morgan fingerprint density at radius 3 is 2.56 bits per heavy atom. The van der Waals surface area contributed by atoms with Gasteiger partial charge in [0.15, 0.2) is 0 Å². The van der Waals surface area contributed by atoms with Crippen LogP contribution in [0, 0.1) is 5.82 Å². The molecule has 3 rings (SSSR count). The highest BCUT2D eigenvalue weighted by molar-refractivity contribution is 6.02. The van der Waals surface area contributed by atoms with Crippen LogP contribution < -0.4 is 10.9 Å². The number of hydrogen-bond donors (Lipinski definition) is 2. The zero-order valence-corrected chi connectivity index (χ0v) is 15.0. The molecule has 0 radical (unpaired) electrons. The first-order valence-corrected chi connectivity index (χ1v) is 8.90. The van der Waals surface area contributed by atoms with Crippen LogP contribution >= 0.6 is 0 Å². The van der Waals surface area contributed by atoms with Crippen molar-refractivity contribution in [2.45, 2.75) is 32.9 Å². The molecule has 0 aliphatic heterocycles. The number of nitrogens with zero attached hydrogens (tertiary/aromatic N) is 1. The van der Waals surface area contributed by atoms with Crippen molar-refractivity contribution in [2.24, 2.45) is 0 Å². The number of pyridine rings is 1. The molecule has 1 amide bonds. The summed E-state index contributed by atoms with van der Waals surface area (Å²) in [7, 11) is 0. The molecule has 1 aromatic heterocycles. The number of nitrogens with one attached hydrogen (secondary N) is 1. The Morgan fingerprint density at radius 1 is 1.15 bits per heavy atom. The predicted molar refractivity (Wildman–Crippen MR) is 102 cm³/mol. The summed E-state index contributed by atoms with van der Waals surface area (Å²) in [4.78, 5) is 25.5. The summed E-state index contributed by atoms with van der Waals surface area (Å²) < 4.78 is 14.5. The lowest BCUT2D eigenvalue weighted by molar-refractivity contribution is 0.0946. The number of benzene rings is 2. The second kappa shape index (κ2) is 8.03. The molecule has 0 saturated heterocycles. The van der Waals surface area contributed by atoms with Gasteiger partial charge in [-0.05, 0) is 36.2 Å². The van der Waals surface area contributed by atoms with Crippen molar-refractivity contribution in [2.75, 3.05) is 0 Å². The number of aryl methyl sites for hydroxylation is 1. The number of aromatic hydroxyl groups is 1. The molecule has 0 fully saturated rings. The van der Waals surface area contributed by atoms with Gasteiger partial charge >= 0.3 is 0 Å². The Labute approximate surface area is 156 Å². The molecule has 27 heavy (non-hydrogen) atoms. The SMILES string of the molecule is CCCCn1c(=O)c(C(=O)NCc2ccc(F)cc2)c(O)c2ccccc21. The maximum atomic E-state index is 13.0. The largest absolute Gasteiger partial charge is 0.506 e. The molecular weight excluding hydrogens is 347 g/mol. The number of hydrogen-bond acceptors (Lipinski definition) is 3. The van der Waals surface area contributed by atoms with Crippen LogP contribution in [0.1, 0.15) is 35.7 Å². The maximum absolute atomic E-state index is 13.0. The predicted octanol–water partition coefficient (Wildman–Crippen LogP) is 3.58. The lowest BCUT2D eigenvalue weighted by atomic mass is 10.1. The average molecular weight is 368 g/mol. The minimum atomic E-state index is -0.655. The number of unbranched alkanes of at least 4 members (excludes halogenated alkanes) is 1. The quantitative estimate of drug-likeness (QED) is 0.699. The van der Waals surface area contributed by atoms with Crippen LogP contribution in [0.3, 0.4) is 0 Å². The first-order valence-electron chi connectivity index (χ1n) is 8.90. The summed E-state index contributed by atoms with van der Waals surface area (Å²) in [5.74, 6) is -1.34. The van der Waals surface area contributed by atoms with Crippen molar-refractivity contribution < 1.29 is 14.3 Å². The van der Waals surface area contributed by atoms with Crippen molar-refractivity contribution in [1.82, 2.24) is 9.88 Å². The summed E-state index contributed by atoms with van der Waals surface area (Å²) in [6.45, 7) is 2.61. The molecule has 0 aliphatic carbocycles. The number of rotatable bonds is 6. The number of carbonyl (C=O) groups is 1. The van der Waals surface area contributed by atoms with Crippen LogP contribution in [-0.4, -0.2) is 15.6 Å². The molecule has 2 N–H and O–H groups in total. The van der Waals surface area contributed by atoms with E-state index < -0.39 is 11.5 Å². The van der Waals surface area contributed by atoms with Gasteiger partial charge in [-0.1, -0.05) is 37.6 Å². The first kappa shape index (κ1) is 18.6. The monoisotopic (exact) mass is 368 g/mol. The van der Waals surface area contributed by atoms with Crippen molar-refractivity contribution in [3.63, 3.8) is 0 Å². The summed E-state index contributed by atoms with van der Waals surface area (Å²) in [6, 6.07) is 12.7. The van der Waals surface area contributed by atoms with E-state index in [1.54, 1.807) is 36.4 Å². The van der Waals surface area contributed by atoms with Crippen LogP contribution in [-0.2, 0) is 13.1 Å². The number of fused-ring (bicyclic) bond motifs is 1. The van der Waals surface area contributed by atoms with E-state index in [1.807, 2.05) is 6.92 Å². The number of amides is 1. The van der Waals surface area contributed by atoms with Gasteiger partial charge in [0.25, 0.3) is 11.5 Å². The van der Waals surface area contributed by atoms with Gasteiger partial charge < -0.3 is 15.0 Å². The molecule has 6 heteroatoms. The van der Waals surface area contributed by atoms with E-state index in [0.717, 1.165) is 12.8 Å². The average Bonchev–Trinajstić information content (AvgIpc) is 2.67. The van der Waals surface area contributed by atoms with E-state index in [1.165, 1.54) is 16.7 Å². The molecule has 3 aromatic rings. The first-order chi connectivity index (χ1) is 13.0. The maximum Gasteiger partial charge on any atom is 0.267 e. The lowest BCUT2D eigenvalue weighted by Gasteiger charge is -2.14. The van der Waals surface area contributed by atoms with E-state index in [9.17, 15) is 19.1 Å². The van der Waals surface area contributed by atoms with Crippen LogP contribution in [0.5, 0.6) is 5.75 Å². The molecule has 5 nitrogen and oxygen atoms in total. The Balaban J connectivity index is 1.98. The van der Waals surface area contributed by atoms with E-state index >= 15 is 0 Å². The highest BCUT2D eigenvalue weighted by Gasteiger charge is 2.21. The van der Waals surface area contributed by atoms with Gasteiger partial charge in [-0.15, -0.1) is 0 Å². The van der Waals surface area contributed by atoms with Crippen molar-refractivity contribution in [3.05, 3.63) is 75.8 Å². The van der Waals surface area contributed by atoms with Gasteiger partial charge in [0.05, 0.1) is 5.52 Å². The minimum Gasteiger partial charge on any atom is -0.506 e. The summed E-state index contributed by atoms with van der Waals surface area (Å²) >= 11 is 0. The highest BCUT2D eigenvalue weighted by Crippen LogP contribution is 2.26. The fourth-order valence-electron chi connectivity index (χ4n) is 3.01.